The number of rotatable bonds is 7. The normalized spacial score (nSPS) is 11.7. The zero-order valence-corrected chi connectivity index (χ0v) is 16.4. The first-order valence-corrected chi connectivity index (χ1v) is 9.34. The number of fused-ring (bicyclic) bond motifs is 1. The Balaban J connectivity index is 1.53. The SMILES string of the molecule is COc1ccc([C@H](C)NC(=O)CNC(=O)Cc2cccc3ccccc23)cc1F. The molecule has 0 unspecified atom stereocenters. The molecule has 0 saturated carbocycles. The summed E-state index contributed by atoms with van der Waals surface area (Å²) in [4.78, 5) is 24.4. The van der Waals surface area contributed by atoms with Crippen LogP contribution in [-0.2, 0) is 16.0 Å². The van der Waals surface area contributed by atoms with Crippen LogP contribution in [0.1, 0.15) is 24.1 Å². The van der Waals surface area contributed by atoms with E-state index in [9.17, 15) is 14.0 Å². The Morgan fingerprint density at radius 3 is 2.55 bits per heavy atom. The van der Waals surface area contributed by atoms with Gasteiger partial charge in [-0.3, -0.25) is 9.59 Å². The summed E-state index contributed by atoms with van der Waals surface area (Å²) in [7, 11) is 1.39. The van der Waals surface area contributed by atoms with Crippen LogP contribution in [0.3, 0.4) is 0 Å². The lowest BCUT2D eigenvalue weighted by molar-refractivity contribution is -0.126. The first kappa shape index (κ1) is 20.3. The maximum absolute atomic E-state index is 13.8. The minimum Gasteiger partial charge on any atom is -0.494 e. The number of methoxy groups -OCH3 is 1. The van der Waals surface area contributed by atoms with Gasteiger partial charge in [0, 0.05) is 0 Å². The molecular weight excluding hydrogens is 371 g/mol. The molecule has 5 nitrogen and oxygen atoms in total. The topological polar surface area (TPSA) is 67.4 Å². The van der Waals surface area contributed by atoms with E-state index in [1.807, 2.05) is 42.5 Å². The minimum atomic E-state index is -0.491. The van der Waals surface area contributed by atoms with Gasteiger partial charge in [0.25, 0.3) is 0 Å². The molecule has 0 aromatic heterocycles. The van der Waals surface area contributed by atoms with Gasteiger partial charge in [0.05, 0.1) is 26.1 Å². The summed E-state index contributed by atoms with van der Waals surface area (Å²) in [5, 5.41) is 7.47. The number of ether oxygens (including phenoxy) is 1. The number of hydrogen-bond acceptors (Lipinski definition) is 3. The number of benzene rings is 3. The van der Waals surface area contributed by atoms with E-state index in [2.05, 4.69) is 10.6 Å². The zero-order chi connectivity index (χ0) is 20.8. The molecule has 0 aliphatic rings. The van der Waals surface area contributed by atoms with Crippen molar-refractivity contribution in [2.75, 3.05) is 13.7 Å². The fraction of sp³-hybridized carbons (Fsp3) is 0.217. The Morgan fingerprint density at radius 2 is 1.79 bits per heavy atom. The van der Waals surface area contributed by atoms with Crippen molar-refractivity contribution >= 4 is 22.6 Å². The van der Waals surface area contributed by atoms with Crippen LogP contribution in [0.2, 0.25) is 0 Å². The summed E-state index contributed by atoms with van der Waals surface area (Å²) in [5.41, 5.74) is 1.52. The lowest BCUT2D eigenvalue weighted by Gasteiger charge is -2.15. The molecule has 0 aliphatic carbocycles. The highest BCUT2D eigenvalue weighted by Gasteiger charge is 2.14. The molecule has 0 aliphatic heterocycles. The third-order valence-electron chi connectivity index (χ3n) is 4.73. The van der Waals surface area contributed by atoms with Gasteiger partial charge >= 0.3 is 0 Å². The Bertz CT molecular complexity index is 1030. The van der Waals surface area contributed by atoms with E-state index in [1.54, 1.807) is 13.0 Å². The highest BCUT2D eigenvalue weighted by atomic mass is 19.1. The van der Waals surface area contributed by atoms with Crippen molar-refractivity contribution in [1.29, 1.82) is 0 Å². The minimum absolute atomic E-state index is 0.146. The van der Waals surface area contributed by atoms with Gasteiger partial charge in [0.15, 0.2) is 11.6 Å². The van der Waals surface area contributed by atoms with Crippen LogP contribution in [0, 0.1) is 5.82 Å². The Morgan fingerprint density at radius 1 is 1.03 bits per heavy atom. The molecule has 3 aromatic rings. The highest BCUT2D eigenvalue weighted by molar-refractivity contribution is 5.91. The van der Waals surface area contributed by atoms with Crippen molar-refractivity contribution in [3.05, 3.63) is 77.6 Å². The molecule has 2 N–H and O–H groups in total. The van der Waals surface area contributed by atoms with E-state index in [0.29, 0.717) is 5.56 Å². The van der Waals surface area contributed by atoms with E-state index in [-0.39, 0.29) is 30.5 Å². The van der Waals surface area contributed by atoms with Crippen molar-refractivity contribution in [3.63, 3.8) is 0 Å². The average molecular weight is 394 g/mol. The molecule has 0 fully saturated rings. The summed E-state index contributed by atoms with van der Waals surface area (Å²) in [6.45, 7) is 1.60. The Kier molecular flexibility index (Phi) is 6.44. The van der Waals surface area contributed by atoms with Crippen LogP contribution in [0.5, 0.6) is 5.75 Å². The van der Waals surface area contributed by atoms with E-state index >= 15 is 0 Å². The van der Waals surface area contributed by atoms with Crippen molar-refractivity contribution in [2.24, 2.45) is 0 Å². The maximum atomic E-state index is 13.8. The Hall–Kier alpha value is -3.41. The van der Waals surface area contributed by atoms with Crippen molar-refractivity contribution in [2.45, 2.75) is 19.4 Å². The monoisotopic (exact) mass is 394 g/mol. The van der Waals surface area contributed by atoms with E-state index in [0.717, 1.165) is 16.3 Å². The van der Waals surface area contributed by atoms with Gasteiger partial charge in [0.1, 0.15) is 0 Å². The van der Waals surface area contributed by atoms with Crippen LogP contribution >= 0.6 is 0 Å². The third-order valence-corrected chi connectivity index (χ3v) is 4.73. The van der Waals surface area contributed by atoms with Gasteiger partial charge in [-0.05, 0) is 41.0 Å². The molecule has 0 spiro atoms. The van der Waals surface area contributed by atoms with Crippen LogP contribution < -0.4 is 15.4 Å². The van der Waals surface area contributed by atoms with E-state index in [1.165, 1.54) is 19.2 Å². The largest absolute Gasteiger partial charge is 0.494 e. The third kappa shape index (κ3) is 5.10. The molecule has 1 atom stereocenters. The van der Waals surface area contributed by atoms with Gasteiger partial charge in [0.2, 0.25) is 11.8 Å². The summed E-state index contributed by atoms with van der Waals surface area (Å²) in [6.07, 6.45) is 0.188. The molecule has 0 heterocycles. The van der Waals surface area contributed by atoms with Gasteiger partial charge in [-0.25, -0.2) is 4.39 Å². The fourth-order valence-corrected chi connectivity index (χ4v) is 3.19. The average Bonchev–Trinajstić information content (AvgIpc) is 2.72. The van der Waals surface area contributed by atoms with Crippen molar-refractivity contribution in [1.82, 2.24) is 10.6 Å². The lowest BCUT2D eigenvalue weighted by Crippen LogP contribution is -2.38. The van der Waals surface area contributed by atoms with Crippen molar-refractivity contribution in [3.8, 4) is 5.75 Å². The molecule has 150 valence electrons. The highest BCUT2D eigenvalue weighted by Crippen LogP contribution is 2.21. The summed E-state index contributed by atoms with van der Waals surface area (Å²) >= 11 is 0. The molecule has 29 heavy (non-hydrogen) atoms. The standard InChI is InChI=1S/C23H23FN2O3/c1-15(17-10-11-21(29-2)20(24)12-17)26-23(28)14-25-22(27)13-18-8-5-7-16-6-3-4-9-19(16)18/h3-12,15H,13-14H2,1-2H3,(H,25,27)(H,26,28)/t15-/m0/s1. The zero-order valence-electron chi connectivity index (χ0n) is 16.4. The number of carbonyl (C=O) groups excluding carboxylic acids is 2. The number of amides is 2. The Labute approximate surface area is 168 Å². The summed E-state index contributed by atoms with van der Waals surface area (Å²) in [6, 6.07) is 17.8. The predicted octanol–water partition coefficient (Wildman–Crippen LogP) is 3.52. The molecular formula is C23H23FN2O3. The molecule has 2 amide bonds. The maximum Gasteiger partial charge on any atom is 0.239 e. The second-order valence-corrected chi connectivity index (χ2v) is 6.77. The van der Waals surface area contributed by atoms with E-state index < -0.39 is 11.9 Å². The van der Waals surface area contributed by atoms with Gasteiger partial charge in [-0.1, -0.05) is 48.5 Å². The van der Waals surface area contributed by atoms with Crippen LogP contribution in [-0.4, -0.2) is 25.5 Å². The first-order valence-electron chi connectivity index (χ1n) is 9.34. The predicted molar refractivity (Wildman–Crippen MR) is 110 cm³/mol. The second-order valence-electron chi connectivity index (χ2n) is 6.77. The molecule has 3 rings (SSSR count). The number of hydrogen-bond donors (Lipinski definition) is 2. The smallest absolute Gasteiger partial charge is 0.239 e. The fourth-order valence-electron chi connectivity index (χ4n) is 3.19. The second kappa shape index (κ2) is 9.19. The van der Waals surface area contributed by atoms with Crippen molar-refractivity contribution < 1.29 is 18.7 Å². The van der Waals surface area contributed by atoms with Crippen LogP contribution in [0.15, 0.2) is 60.7 Å². The van der Waals surface area contributed by atoms with E-state index in [4.69, 9.17) is 4.74 Å². The summed E-state index contributed by atoms with van der Waals surface area (Å²) < 4.78 is 18.7. The summed E-state index contributed by atoms with van der Waals surface area (Å²) in [5.74, 6) is -0.929. The van der Waals surface area contributed by atoms with Gasteiger partial charge in [-0.15, -0.1) is 0 Å². The quantitative estimate of drug-likeness (QED) is 0.644. The lowest BCUT2D eigenvalue weighted by atomic mass is 10.0. The van der Waals surface area contributed by atoms with Gasteiger partial charge in [-0.2, -0.15) is 0 Å². The first-order chi connectivity index (χ1) is 14.0. The van der Waals surface area contributed by atoms with Gasteiger partial charge < -0.3 is 15.4 Å². The molecule has 0 saturated heterocycles. The molecule has 6 heteroatoms. The number of halogens is 1. The molecule has 0 bridgehead atoms. The number of carbonyl (C=O) groups is 2. The van der Waals surface area contributed by atoms with Crippen LogP contribution in [0.25, 0.3) is 10.8 Å². The number of nitrogens with one attached hydrogen (secondary N) is 2. The van der Waals surface area contributed by atoms with Crippen LogP contribution in [0.4, 0.5) is 4.39 Å². The molecule has 0 radical (unpaired) electrons. The molecule has 3 aromatic carbocycles.